The van der Waals surface area contributed by atoms with E-state index in [1.54, 1.807) is 0 Å². The zero-order valence-electron chi connectivity index (χ0n) is 15.8. The molecule has 31 heavy (non-hydrogen) atoms. The number of amides is 1. The van der Waals surface area contributed by atoms with E-state index >= 15 is 0 Å². The summed E-state index contributed by atoms with van der Waals surface area (Å²) in [6, 6.07) is 15.7. The average Bonchev–Trinajstić information content (AvgIpc) is 3.05. The molecule has 0 fully saturated rings. The van der Waals surface area contributed by atoms with Crippen LogP contribution < -0.4 is 5.32 Å². The number of carboxylic acid groups (broad SMARTS) is 1. The number of pyridine rings is 1. The number of ether oxygens (including phenoxy) is 1. The Kier molecular flexibility index (Phi) is 5.10. The van der Waals surface area contributed by atoms with E-state index in [1.165, 1.54) is 0 Å². The number of benzene rings is 2. The van der Waals surface area contributed by atoms with Crippen molar-refractivity contribution in [3.05, 3.63) is 83.0 Å². The third-order valence-electron chi connectivity index (χ3n) is 5.00. The van der Waals surface area contributed by atoms with Gasteiger partial charge in [-0.3, -0.25) is 5.32 Å². The van der Waals surface area contributed by atoms with Gasteiger partial charge in [-0.25, -0.2) is 14.6 Å². The monoisotopic (exact) mass is 428 g/mol. The van der Waals surface area contributed by atoms with Crippen molar-refractivity contribution < 1.29 is 32.6 Å². The summed E-state index contributed by atoms with van der Waals surface area (Å²) < 4.78 is 45.1. The average molecular weight is 428 g/mol. The first-order chi connectivity index (χ1) is 14.8. The predicted molar refractivity (Wildman–Crippen MR) is 105 cm³/mol. The molecular weight excluding hydrogens is 413 g/mol. The second-order valence-corrected chi connectivity index (χ2v) is 6.87. The molecule has 0 aliphatic heterocycles. The van der Waals surface area contributed by atoms with E-state index in [0.29, 0.717) is 6.07 Å². The highest BCUT2D eigenvalue weighted by Crippen LogP contribution is 2.44. The van der Waals surface area contributed by atoms with Crippen molar-refractivity contribution in [3.63, 3.8) is 0 Å². The van der Waals surface area contributed by atoms with Gasteiger partial charge in [-0.05, 0) is 28.3 Å². The van der Waals surface area contributed by atoms with Gasteiger partial charge in [0.2, 0.25) is 0 Å². The molecule has 2 N–H and O–H groups in total. The van der Waals surface area contributed by atoms with Gasteiger partial charge < -0.3 is 9.84 Å². The van der Waals surface area contributed by atoms with Gasteiger partial charge >= 0.3 is 18.2 Å². The van der Waals surface area contributed by atoms with Crippen molar-refractivity contribution in [1.82, 2.24) is 4.98 Å². The second-order valence-electron chi connectivity index (χ2n) is 6.87. The number of halogens is 3. The number of carboxylic acids is 1. The molecule has 3 aromatic rings. The van der Waals surface area contributed by atoms with Crippen molar-refractivity contribution in [2.75, 3.05) is 11.9 Å². The maximum absolute atomic E-state index is 13.3. The quantitative estimate of drug-likeness (QED) is 0.599. The number of nitrogens with one attached hydrogen (secondary N) is 1. The Morgan fingerprint density at radius 1 is 1.03 bits per heavy atom. The largest absolute Gasteiger partial charge is 0.478 e. The third kappa shape index (κ3) is 3.94. The number of fused-ring (bicyclic) bond motifs is 3. The molecule has 0 bridgehead atoms. The number of alkyl halides is 3. The summed E-state index contributed by atoms with van der Waals surface area (Å²) >= 11 is 0. The van der Waals surface area contributed by atoms with E-state index in [1.807, 2.05) is 53.8 Å². The molecule has 1 aromatic heterocycles. The second kappa shape index (κ2) is 7.75. The van der Waals surface area contributed by atoms with Gasteiger partial charge in [0.05, 0.1) is 11.1 Å². The van der Waals surface area contributed by atoms with Crippen LogP contribution in [0.2, 0.25) is 0 Å². The lowest BCUT2D eigenvalue weighted by Crippen LogP contribution is -2.21. The van der Waals surface area contributed by atoms with Crippen LogP contribution in [0.3, 0.4) is 0 Å². The molecule has 1 amide bonds. The number of carbonyl (C=O) groups is 2. The lowest BCUT2D eigenvalue weighted by molar-refractivity contribution is -0.137. The SMILES string of the molecule is O=C(Nc1ncc(C(=O)O)cc1C(F)(F)F)OCC1c2ccccc2-c2ccccc21. The van der Waals surface area contributed by atoms with E-state index in [-0.39, 0.29) is 12.5 Å². The van der Waals surface area contributed by atoms with Crippen LogP contribution in [0.5, 0.6) is 0 Å². The fraction of sp³-hybridized carbons (Fsp3) is 0.136. The molecule has 1 heterocycles. The van der Waals surface area contributed by atoms with Crippen LogP contribution in [0.15, 0.2) is 60.8 Å². The number of hydrogen-bond acceptors (Lipinski definition) is 4. The lowest BCUT2D eigenvalue weighted by atomic mass is 9.98. The Morgan fingerprint density at radius 2 is 1.61 bits per heavy atom. The molecule has 0 saturated heterocycles. The Balaban J connectivity index is 1.53. The lowest BCUT2D eigenvalue weighted by Gasteiger charge is -2.16. The number of rotatable bonds is 4. The maximum atomic E-state index is 13.3. The van der Waals surface area contributed by atoms with E-state index < -0.39 is 35.2 Å². The van der Waals surface area contributed by atoms with Crippen LogP contribution in [-0.2, 0) is 10.9 Å². The minimum atomic E-state index is -4.91. The standard InChI is InChI=1S/C22H15F3N2O4/c23-22(24,25)18-9-12(20(28)29)10-26-19(18)27-21(30)31-11-17-15-7-3-1-5-13(15)14-6-2-4-8-16(14)17/h1-10,17H,11H2,(H,28,29)(H,26,27,30). The summed E-state index contributed by atoms with van der Waals surface area (Å²) in [5.41, 5.74) is 1.91. The van der Waals surface area contributed by atoms with Gasteiger partial charge in [-0.15, -0.1) is 0 Å². The summed E-state index contributed by atoms with van der Waals surface area (Å²) in [5, 5.41) is 10.9. The fourth-order valence-corrected chi connectivity index (χ4v) is 3.63. The molecule has 6 nitrogen and oxygen atoms in total. The van der Waals surface area contributed by atoms with E-state index in [0.717, 1.165) is 28.5 Å². The van der Waals surface area contributed by atoms with Crippen molar-refractivity contribution in [1.29, 1.82) is 0 Å². The number of nitrogens with zero attached hydrogens (tertiary/aromatic N) is 1. The van der Waals surface area contributed by atoms with Crippen molar-refractivity contribution in [2.24, 2.45) is 0 Å². The Bertz CT molecular complexity index is 1130. The Morgan fingerprint density at radius 3 is 2.16 bits per heavy atom. The van der Waals surface area contributed by atoms with Gasteiger partial charge in [0.1, 0.15) is 12.4 Å². The summed E-state index contributed by atoms with van der Waals surface area (Å²) in [6.45, 7) is -0.0889. The third-order valence-corrected chi connectivity index (χ3v) is 5.00. The molecule has 158 valence electrons. The van der Waals surface area contributed by atoms with E-state index in [2.05, 4.69) is 4.98 Å². The first kappa shape index (κ1) is 20.4. The zero-order chi connectivity index (χ0) is 22.2. The molecular formula is C22H15F3N2O4. The zero-order valence-corrected chi connectivity index (χ0v) is 15.8. The molecule has 0 spiro atoms. The first-order valence-corrected chi connectivity index (χ1v) is 9.18. The van der Waals surface area contributed by atoms with Gasteiger partial charge in [0, 0.05) is 12.1 Å². The van der Waals surface area contributed by atoms with Gasteiger partial charge in [0.15, 0.2) is 0 Å². The highest BCUT2D eigenvalue weighted by molar-refractivity contribution is 5.89. The molecule has 9 heteroatoms. The fourth-order valence-electron chi connectivity index (χ4n) is 3.63. The summed E-state index contributed by atoms with van der Waals surface area (Å²) in [4.78, 5) is 26.6. The minimum Gasteiger partial charge on any atom is -0.478 e. The van der Waals surface area contributed by atoms with Crippen LogP contribution >= 0.6 is 0 Å². The minimum absolute atomic E-state index is 0.0889. The van der Waals surface area contributed by atoms with Crippen LogP contribution in [0.4, 0.5) is 23.8 Å². The first-order valence-electron chi connectivity index (χ1n) is 9.18. The van der Waals surface area contributed by atoms with Gasteiger partial charge in [-0.2, -0.15) is 13.2 Å². The molecule has 4 rings (SSSR count). The maximum Gasteiger partial charge on any atom is 0.419 e. The summed E-state index contributed by atoms with van der Waals surface area (Å²) in [5.74, 6) is -2.65. The Labute approximate surface area is 174 Å². The number of hydrogen-bond donors (Lipinski definition) is 2. The van der Waals surface area contributed by atoms with Crippen molar-refractivity contribution in [3.8, 4) is 11.1 Å². The smallest absolute Gasteiger partial charge is 0.419 e. The van der Waals surface area contributed by atoms with Crippen molar-refractivity contribution >= 4 is 17.9 Å². The Hall–Kier alpha value is -3.88. The summed E-state index contributed by atoms with van der Waals surface area (Å²) in [7, 11) is 0. The number of anilines is 1. The van der Waals surface area contributed by atoms with Crippen LogP contribution in [0.25, 0.3) is 11.1 Å². The molecule has 2 aromatic carbocycles. The van der Waals surface area contributed by atoms with Crippen molar-refractivity contribution in [2.45, 2.75) is 12.1 Å². The summed E-state index contributed by atoms with van der Waals surface area (Å²) in [6.07, 6.45) is -5.30. The highest BCUT2D eigenvalue weighted by Gasteiger charge is 2.36. The number of carbonyl (C=O) groups excluding carboxylic acids is 1. The molecule has 1 aliphatic carbocycles. The normalized spacial score (nSPS) is 12.7. The highest BCUT2D eigenvalue weighted by atomic mass is 19.4. The van der Waals surface area contributed by atoms with E-state index in [4.69, 9.17) is 9.84 Å². The van der Waals surface area contributed by atoms with Crippen LogP contribution in [0, 0.1) is 0 Å². The molecule has 0 unspecified atom stereocenters. The van der Waals surface area contributed by atoms with Gasteiger partial charge in [-0.1, -0.05) is 48.5 Å². The molecule has 0 atom stereocenters. The predicted octanol–water partition coefficient (Wildman–Crippen LogP) is 5.16. The van der Waals surface area contributed by atoms with E-state index in [9.17, 15) is 22.8 Å². The van der Waals surface area contributed by atoms with Crippen LogP contribution in [-0.4, -0.2) is 28.8 Å². The topological polar surface area (TPSA) is 88.5 Å². The number of aromatic carboxylic acids is 1. The molecule has 0 radical (unpaired) electrons. The van der Waals surface area contributed by atoms with Gasteiger partial charge in [0.25, 0.3) is 0 Å². The number of aromatic nitrogens is 1. The van der Waals surface area contributed by atoms with Crippen LogP contribution in [0.1, 0.15) is 33.0 Å². The molecule has 0 saturated carbocycles. The molecule has 1 aliphatic rings.